The number of pyridine rings is 1. The smallest absolute Gasteiger partial charge is 0.317 e. The Morgan fingerprint density at radius 1 is 1.53 bits per heavy atom. The van der Waals surface area contributed by atoms with Crippen LogP contribution in [0.1, 0.15) is 31.4 Å². The van der Waals surface area contributed by atoms with Gasteiger partial charge in [-0.2, -0.15) is 0 Å². The van der Waals surface area contributed by atoms with Gasteiger partial charge in [-0.1, -0.05) is 18.9 Å². The highest BCUT2D eigenvalue weighted by atomic mass is 16.4. The largest absolute Gasteiger partial charge is 0.480 e. The second-order valence-electron chi connectivity index (χ2n) is 4.58. The van der Waals surface area contributed by atoms with Gasteiger partial charge in [0.05, 0.1) is 5.69 Å². The molecule has 0 spiro atoms. The molecule has 0 aromatic carbocycles. The van der Waals surface area contributed by atoms with E-state index in [-0.39, 0.29) is 6.04 Å². The molecule has 1 aliphatic carbocycles. The molecule has 0 amide bonds. The van der Waals surface area contributed by atoms with Crippen molar-refractivity contribution in [3.8, 4) is 0 Å². The van der Waals surface area contributed by atoms with Crippen LogP contribution in [0.3, 0.4) is 0 Å². The number of carboxylic acids is 1. The summed E-state index contributed by atoms with van der Waals surface area (Å²) in [7, 11) is 1.83. The van der Waals surface area contributed by atoms with Crippen LogP contribution in [0.2, 0.25) is 0 Å². The minimum absolute atomic E-state index is 0.0383. The molecular weight excluding hydrogens is 216 g/mol. The zero-order valence-corrected chi connectivity index (χ0v) is 10.0. The molecule has 1 heterocycles. The first-order valence-corrected chi connectivity index (χ1v) is 6.04. The Balaban J connectivity index is 2.47. The van der Waals surface area contributed by atoms with Crippen LogP contribution in [0.15, 0.2) is 24.4 Å². The molecule has 0 aliphatic heterocycles. The lowest BCUT2D eigenvalue weighted by Gasteiger charge is -2.40. The molecule has 1 aromatic rings. The van der Waals surface area contributed by atoms with Crippen molar-refractivity contribution in [2.24, 2.45) is 0 Å². The fourth-order valence-corrected chi connectivity index (χ4v) is 2.86. The zero-order valence-electron chi connectivity index (χ0n) is 10.0. The van der Waals surface area contributed by atoms with Gasteiger partial charge in [0, 0.05) is 12.2 Å². The Hall–Kier alpha value is -1.42. The molecule has 0 radical (unpaired) electrons. The molecule has 92 valence electrons. The van der Waals surface area contributed by atoms with Crippen molar-refractivity contribution in [3.05, 3.63) is 30.1 Å². The van der Waals surface area contributed by atoms with E-state index in [1.54, 1.807) is 6.20 Å². The summed E-state index contributed by atoms with van der Waals surface area (Å²) in [4.78, 5) is 16.0. The van der Waals surface area contributed by atoms with Crippen LogP contribution in [0, 0.1) is 0 Å². The van der Waals surface area contributed by atoms with Gasteiger partial charge in [-0.15, -0.1) is 0 Å². The van der Waals surface area contributed by atoms with Crippen molar-refractivity contribution >= 4 is 5.97 Å². The molecule has 1 fully saturated rings. The van der Waals surface area contributed by atoms with Gasteiger partial charge in [-0.25, -0.2) is 0 Å². The van der Waals surface area contributed by atoms with E-state index in [4.69, 9.17) is 0 Å². The van der Waals surface area contributed by atoms with Crippen molar-refractivity contribution in [3.63, 3.8) is 0 Å². The minimum Gasteiger partial charge on any atom is -0.480 e. The molecule has 2 atom stereocenters. The number of rotatable bonds is 3. The van der Waals surface area contributed by atoms with Crippen LogP contribution < -0.4 is 5.32 Å². The Morgan fingerprint density at radius 3 is 2.94 bits per heavy atom. The van der Waals surface area contributed by atoms with E-state index >= 15 is 0 Å². The van der Waals surface area contributed by atoms with Crippen LogP contribution in [0.4, 0.5) is 0 Å². The minimum atomic E-state index is -0.867. The average Bonchev–Trinajstić information content (AvgIpc) is 2.39. The number of aliphatic carboxylic acids is 1. The number of likely N-dealkylation sites (N-methyl/N-ethyl adjacent to an activating group) is 1. The molecule has 0 saturated heterocycles. The molecule has 1 aromatic heterocycles. The first kappa shape index (κ1) is 12.0. The van der Waals surface area contributed by atoms with Gasteiger partial charge in [-0.05, 0) is 32.0 Å². The Morgan fingerprint density at radius 2 is 2.35 bits per heavy atom. The number of nitrogens with zero attached hydrogens (tertiary/aromatic N) is 1. The summed E-state index contributed by atoms with van der Waals surface area (Å²) >= 11 is 0. The van der Waals surface area contributed by atoms with Gasteiger partial charge in [0.2, 0.25) is 0 Å². The highest BCUT2D eigenvalue weighted by Gasteiger charge is 2.49. The maximum absolute atomic E-state index is 11.8. The fourth-order valence-electron chi connectivity index (χ4n) is 2.86. The van der Waals surface area contributed by atoms with Crippen LogP contribution >= 0.6 is 0 Å². The van der Waals surface area contributed by atoms with Crippen molar-refractivity contribution in [1.29, 1.82) is 0 Å². The molecule has 2 N–H and O–H groups in total. The molecule has 17 heavy (non-hydrogen) atoms. The predicted octanol–water partition coefficient (Wildman–Crippen LogP) is 1.57. The van der Waals surface area contributed by atoms with Crippen molar-refractivity contribution in [1.82, 2.24) is 10.3 Å². The molecule has 4 heteroatoms. The van der Waals surface area contributed by atoms with Crippen LogP contribution in [-0.4, -0.2) is 29.1 Å². The quantitative estimate of drug-likeness (QED) is 0.833. The molecule has 1 saturated carbocycles. The third kappa shape index (κ3) is 1.93. The molecule has 4 nitrogen and oxygen atoms in total. The summed E-state index contributed by atoms with van der Waals surface area (Å²) in [5.41, 5.74) is -0.194. The Kier molecular flexibility index (Phi) is 3.43. The highest BCUT2D eigenvalue weighted by Crippen LogP contribution is 2.38. The average molecular weight is 234 g/mol. The Labute approximate surface area is 101 Å². The first-order chi connectivity index (χ1) is 8.21. The van der Waals surface area contributed by atoms with E-state index in [2.05, 4.69) is 10.3 Å². The van der Waals surface area contributed by atoms with Gasteiger partial charge >= 0.3 is 5.97 Å². The summed E-state index contributed by atoms with van der Waals surface area (Å²) in [5, 5.41) is 12.8. The van der Waals surface area contributed by atoms with Gasteiger partial charge in [-0.3, -0.25) is 9.78 Å². The van der Waals surface area contributed by atoms with Gasteiger partial charge in [0.15, 0.2) is 0 Å². The van der Waals surface area contributed by atoms with E-state index in [9.17, 15) is 9.90 Å². The second-order valence-corrected chi connectivity index (χ2v) is 4.58. The number of nitrogens with one attached hydrogen (secondary N) is 1. The van der Waals surface area contributed by atoms with Gasteiger partial charge in [0.1, 0.15) is 5.41 Å². The molecular formula is C13H18N2O2. The number of carboxylic acid groups (broad SMARTS) is 1. The number of carbonyl (C=O) groups is 1. The fraction of sp³-hybridized carbons (Fsp3) is 0.538. The molecule has 0 bridgehead atoms. The molecule has 2 unspecified atom stereocenters. The van der Waals surface area contributed by atoms with E-state index in [0.717, 1.165) is 19.3 Å². The second kappa shape index (κ2) is 4.84. The van der Waals surface area contributed by atoms with Crippen molar-refractivity contribution in [2.45, 2.75) is 37.1 Å². The lowest BCUT2D eigenvalue weighted by molar-refractivity contribution is -0.146. The topological polar surface area (TPSA) is 62.2 Å². The SMILES string of the molecule is CNC1CCCCC1(C(=O)O)c1ccccn1. The first-order valence-electron chi connectivity index (χ1n) is 6.04. The van der Waals surface area contributed by atoms with Gasteiger partial charge in [0.25, 0.3) is 0 Å². The van der Waals surface area contributed by atoms with Crippen LogP contribution in [0.5, 0.6) is 0 Å². The monoisotopic (exact) mass is 234 g/mol. The van der Waals surface area contributed by atoms with Crippen molar-refractivity contribution < 1.29 is 9.90 Å². The third-order valence-electron chi connectivity index (χ3n) is 3.76. The summed E-state index contributed by atoms with van der Waals surface area (Å²) in [5.74, 6) is -0.768. The normalized spacial score (nSPS) is 28.9. The maximum Gasteiger partial charge on any atom is 0.317 e. The van der Waals surface area contributed by atoms with Crippen molar-refractivity contribution in [2.75, 3.05) is 7.05 Å². The Bertz CT molecular complexity index is 394. The molecule has 2 rings (SSSR count). The lowest BCUT2D eigenvalue weighted by Crippen LogP contribution is -2.54. The van der Waals surface area contributed by atoms with E-state index in [1.807, 2.05) is 25.2 Å². The van der Waals surface area contributed by atoms with Gasteiger partial charge < -0.3 is 10.4 Å². The standard InChI is InChI=1S/C13H18N2O2/c1-14-10-6-2-4-8-13(10,12(16)17)11-7-3-5-9-15-11/h3,5,7,9-10,14H,2,4,6,8H2,1H3,(H,16,17). The van der Waals surface area contributed by atoms with Crippen LogP contribution in [0.25, 0.3) is 0 Å². The predicted molar refractivity (Wildman–Crippen MR) is 64.9 cm³/mol. The zero-order chi connectivity index (χ0) is 12.3. The lowest BCUT2D eigenvalue weighted by atomic mass is 9.68. The number of aromatic nitrogens is 1. The van der Waals surface area contributed by atoms with Crippen LogP contribution in [-0.2, 0) is 10.2 Å². The van der Waals surface area contributed by atoms with E-state index in [0.29, 0.717) is 12.1 Å². The van der Waals surface area contributed by atoms with E-state index < -0.39 is 11.4 Å². The van der Waals surface area contributed by atoms with E-state index in [1.165, 1.54) is 0 Å². The summed E-state index contributed by atoms with van der Waals surface area (Å²) in [6.45, 7) is 0. The molecule has 1 aliphatic rings. The highest BCUT2D eigenvalue weighted by molar-refractivity contribution is 5.82. The number of hydrogen-bond donors (Lipinski definition) is 2. The number of hydrogen-bond acceptors (Lipinski definition) is 3. The summed E-state index contributed by atoms with van der Waals surface area (Å²) in [6, 6.07) is 5.46. The maximum atomic E-state index is 11.8. The summed E-state index contributed by atoms with van der Waals surface area (Å²) < 4.78 is 0. The summed E-state index contributed by atoms with van der Waals surface area (Å²) in [6.07, 6.45) is 5.24. The third-order valence-corrected chi connectivity index (χ3v) is 3.76.